The summed E-state index contributed by atoms with van der Waals surface area (Å²) in [4.78, 5) is -0.0669. The highest BCUT2D eigenvalue weighted by Crippen LogP contribution is 2.43. The van der Waals surface area contributed by atoms with Gasteiger partial charge in [-0.3, -0.25) is 0 Å². The summed E-state index contributed by atoms with van der Waals surface area (Å²) in [6.07, 6.45) is 0.639. The van der Waals surface area contributed by atoms with Gasteiger partial charge < -0.3 is 10.5 Å². The van der Waals surface area contributed by atoms with Crippen LogP contribution in [0.2, 0.25) is 10.0 Å². The fraction of sp³-hybridized carbons (Fsp3) is 0.538. The maximum Gasteiger partial charge on any atom is 0.242 e. The maximum absolute atomic E-state index is 12.5. The first-order valence-electron chi connectivity index (χ1n) is 6.40. The van der Waals surface area contributed by atoms with Crippen LogP contribution in [0.15, 0.2) is 17.0 Å². The largest absolute Gasteiger partial charge is 0.396 e. The van der Waals surface area contributed by atoms with Crippen LogP contribution in [-0.4, -0.2) is 27.7 Å². The Labute approximate surface area is 134 Å². The Bertz CT molecular complexity index is 662. The van der Waals surface area contributed by atoms with E-state index in [-0.39, 0.29) is 38.2 Å². The molecule has 0 aromatic heterocycles. The van der Waals surface area contributed by atoms with Crippen LogP contribution in [0, 0.1) is 5.41 Å². The molecule has 0 amide bonds. The molecule has 1 aromatic rings. The van der Waals surface area contributed by atoms with Gasteiger partial charge in [0, 0.05) is 18.6 Å². The molecule has 0 bridgehead atoms. The monoisotopic (exact) mass is 352 g/mol. The SMILES string of the molecule is COC1CC(NS(=O)(=O)c2ccc(Cl)c(N)c2Cl)C1(C)C. The Kier molecular flexibility index (Phi) is 4.48. The lowest BCUT2D eigenvalue weighted by atomic mass is 9.65. The minimum Gasteiger partial charge on any atom is -0.396 e. The first-order valence-corrected chi connectivity index (χ1v) is 8.63. The minimum absolute atomic E-state index is 0.0240. The fourth-order valence-electron chi connectivity index (χ4n) is 2.49. The number of sulfonamides is 1. The summed E-state index contributed by atoms with van der Waals surface area (Å²) >= 11 is 11.8. The highest BCUT2D eigenvalue weighted by molar-refractivity contribution is 7.89. The van der Waals surface area contributed by atoms with Crippen molar-refractivity contribution in [1.82, 2.24) is 4.72 Å². The lowest BCUT2D eigenvalue weighted by molar-refractivity contribution is -0.0908. The Morgan fingerprint density at radius 2 is 2.00 bits per heavy atom. The second-order valence-electron chi connectivity index (χ2n) is 5.73. The van der Waals surface area contributed by atoms with E-state index in [0.717, 1.165) is 0 Å². The zero-order chi connectivity index (χ0) is 16.0. The molecule has 118 valence electrons. The van der Waals surface area contributed by atoms with Gasteiger partial charge in [0.2, 0.25) is 10.0 Å². The van der Waals surface area contributed by atoms with Crippen molar-refractivity contribution in [3.8, 4) is 0 Å². The van der Waals surface area contributed by atoms with Crippen LogP contribution < -0.4 is 10.5 Å². The zero-order valence-electron chi connectivity index (χ0n) is 12.0. The van der Waals surface area contributed by atoms with Gasteiger partial charge in [-0.1, -0.05) is 37.0 Å². The molecule has 1 aromatic carbocycles. The second kappa shape index (κ2) is 5.59. The number of rotatable bonds is 4. The lowest BCUT2D eigenvalue weighted by Gasteiger charge is -2.50. The molecule has 1 aliphatic carbocycles. The molecule has 0 saturated heterocycles. The van der Waals surface area contributed by atoms with E-state index < -0.39 is 10.0 Å². The third kappa shape index (κ3) is 2.87. The smallest absolute Gasteiger partial charge is 0.242 e. The number of nitrogens with one attached hydrogen (secondary N) is 1. The standard InChI is InChI=1S/C13H18Cl2N2O3S/c1-13(2)9(6-10(13)20-3)17-21(18,19)8-5-4-7(14)12(16)11(8)15/h4-5,9-10,17H,6,16H2,1-3H3. The van der Waals surface area contributed by atoms with Crippen LogP contribution in [0.1, 0.15) is 20.3 Å². The van der Waals surface area contributed by atoms with Crippen molar-refractivity contribution in [2.75, 3.05) is 12.8 Å². The van der Waals surface area contributed by atoms with Crippen molar-refractivity contribution in [2.24, 2.45) is 5.41 Å². The summed E-state index contributed by atoms with van der Waals surface area (Å²) in [6.45, 7) is 3.91. The molecule has 21 heavy (non-hydrogen) atoms. The van der Waals surface area contributed by atoms with Gasteiger partial charge in [-0.25, -0.2) is 13.1 Å². The van der Waals surface area contributed by atoms with E-state index in [1.807, 2.05) is 13.8 Å². The molecule has 0 heterocycles. The third-order valence-electron chi connectivity index (χ3n) is 4.14. The molecule has 0 aliphatic heterocycles. The number of benzene rings is 1. The van der Waals surface area contributed by atoms with E-state index in [4.69, 9.17) is 33.7 Å². The van der Waals surface area contributed by atoms with E-state index in [1.165, 1.54) is 12.1 Å². The molecule has 8 heteroatoms. The number of ether oxygens (including phenoxy) is 1. The van der Waals surface area contributed by atoms with Crippen molar-refractivity contribution in [1.29, 1.82) is 0 Å². The molecule has 5 nitrogen and oxygen atoms in total. The van der Waals surface area contributed by atoms with Crippen LogP contribution in [0.3, 0.4) is 0 Å². The first-order chi connectivity index (χ1) is 9.61. The van der Waals surface area contributed by atoms with Crippen molar-refractivity contribution >= 4 is 38.9 Å². The van der Waals surface area contributed by atoms with E-state index in [0.29, 0.717) is 6.42 Å². The lowest BCUT2D eigenvalue weighted by Crippen LogP contribution is -2.61. The van der Waals surface area contributed by atoms with Crippen LogP contribution in [0.4, 0.5) is 5.69 Å². The molecule has 2 atom stereocenters. The molecular formula is C13H18Cl2N2O3S. The van der Waals surface area contributed by atoms with E-state index in [1.54, 1.807) is 7.11 Å². The highest BCUT2D eigenvalue weighted by Gasteiger charge is 2.50. The summed E-state index contributed by atoms with van der Waals surface area (Å²) < 4.78 is 32.9. The Morgan fingerprint density at radius 1 is 1.38 bits per heavy atom. The first kappa shape index (κ1) is 16.8. The summed E-state index contributed by atoms with van der Waals surface area (Å²) in [5, 5.41) is 0.165. The van der Waals surface area contributed by atoms with E-state index in [2.05, 4.69) is 4.72 Å². The molecular weight excluding hydrogens is 335 g/mol. The Morgan fingerprint density at radius 3 is 2.52 bits per heavy atom. The van der Waals surface area contributed by atoms with Gasteiger partial charge in [0.15, 0.2) is 0 Å². The number of methoxy groups -OCH3 is 1. The van der Waals surface area contributed by atoms with Gasteiger partial charge >= 0.3 is 0 Å². The van der Waals surface area contributed by atoms with Gasteiger partial charge in [-0.15, -0.1) is 0 Å². The number of hydrogen-bond donors (Lipinski definition) is 2. The quantitative estimate of drug-likeness (QED) is 0.816. The van der Waals surface area contributed by atoms with Crippen LogP contribution in [-0.2, 0) is 14.8 Å². The van der Waals surface area contributed by atoms with E-state index in [9.17, 15) is 8.42 Å². The van der Waals surface area contributed by atoms with Crippen molar-refractivity contribution in [3.63, 3.8) is 0 Å². The predicted octanol–water partition coefficient (Wildman–Crippen LogP) is 2.67. The zero-order valence-corrected chi connectivity index (χ0v) is 14.3. The summed E-state index contributed by atoms with van der Waals surface area (Å²) in [6, 6.07) is 2.55. The van der Waals surface area contributed by atoms with Gasteiger partial charge in [0.05, 0.1) is 21.8 Å². The second-order valence-corrected chi connectivity index (χ2v) is 8.20. The topological polar surface area (TPSA) is 81.4 Å². The molecule has 1 aliphatic rings. The average molecular weight is 353 g/mol. The molecule has 0 radical (unpaired) electrons. The number of nitrogen functional groups attached to an aromatic ring is 1. The summed E-state index contributed by atoms with van der Waals surface area (Å²) in [5.41, 5.74) is 5.45. The van der Waals surface area contributed by atoms with Crippen molar-refractivity contribution in [2.45, 2.75) is 37.3 Å². The number of nitrogens with two attached hydrogens (primary N) is 1. The van der Waals surface area contributed by atoms with Gasteiger partial charge in [-0.2, -0.15) is 0 Å². The van der Waals surface area contributed by atoms with Gasteiger partial charge in [-0.05, 0) is 18.6 Å². The number of halogens is 2. The van der Waals surface area contributed by atoms with Gasteiger partial charge in [0.25, 0.3) is 0 Å². The van der Waals surface area contributed by atoms with Gasteiger partial charge in [0.1, 0.15) is 4.90 Å². The molecule has 1 fully saturated rings. The Hall–Kier alpha value is -0.530. The van der Waals surface area contributed by atoms with Crippen LogP contribution >= 0.6 is 23.2 Å². The minimum atomic E-state index is -3.77. The maximum atomic E-state index is 12.5. The van der Waals surface area contributed by atoms with Crippen molar-refractivity contribution in [3.05, 3.63) is 22.2 Å². The van der Waals surface area contributed by atoms with Crippen LogP contribution in [0.25, 0.3) is 0 Å². The highest BCUT2D eigenvalue weighted by atomic mass is 35.5. The summed E-state index contributed by atoms with van der Waals surface area (Å²) in [5.74, 6) is 0. The normalized spacial score (nSPS) is 24.6. The van der Waals surface area contributed by atoms with Crippen LogP contribution in [0.5, 0.6) is 0 Å². The molecule has 0 spiro atoms. The third-order valence-corrected chi connectivity index (χ3v) is 6.50. The predicted molar refractivity (Wildman–Crippen MR) is 84.2 cm³/mol. The number of hydrogen-bond acceptors (Lipinski definition) is 4. The summed E-state index contributed by atoms with van der Waals surface area (Å²) in [7, 11) is -2.15. The molecule has 2 rings (SSSR count). The number of anilines is 1. The van der Waals surface area contributed by atoms with Crippen molar-refractivity contribution < 1.29 is 13.2 Å². The molecule has 1 saturated carbocycles. The Balaban J connectivity index is 2.27. The molecule has 3 N–H and O–H groups in total. The van der Waals surface area contributed by atoms with E-state index >= 15 is 0 Å². The average Bonchev–Trinajstić information content (AvgIpc) is 2.40. The fourth-order valence-corrected chi connectivity index (χ4v) is 4.66. The molecule has 2 unspecified atom stereocenters.